The van der Waals surface area contributed by atoms with Gasteiger partial charge in [0.05, 0.1) is 5.92 Å². The second-order valence-electron chi connectivity index (χ2n) is 4.42. The third-order valence-corrected chi connectivity index (χ3v) is 3.97. The van der Waals surface area contributed by atoms with Gasteiger partial charge in [-0.25, -0.2) is 4.79 Å². The Morgan fingerprint density at radius 3 is 2.50 bits per heavy atom. The Bertz CT molecular complexity index is 439. The Labute approximate surface area is 128 Å². The lowest BCUT2D eigenvalue weighted by Gasteiger charge is -2.18. The van der Waals surface area contributed by atoms with E-state index in [2.05, 4.69) is 17.9 Å². The van der Waals surface area contributed by atoms with Crippen LogP contribution in [0.15, 0.2) is 30.3 Å². The summed E-state index contributed by atoms with van der Waals surface area (Å²) >= 11 is 5.59. The van der Waals surface area contributed by atoms with Crippen molar-refractivity contribution in [2.45, 2.75) is 12.5 Å². The van der Waals surface area contributed by atoms with Crippen LogP contribution in [0.25, 0.3) is 0 Å². The van der Waals surface area contributed by atoms with Crippen molar-refractivity contribution in [1.82, 2.24) is 5.32 Å². The minimum absolute atomic E-state index is 0.259. The van der Waals surface area contributed by atoms with E-state index in [4.69, 9.17) is 5.11 Å². The maximum atomic E-state index is 12.1. The first kappa shape index (κ1) is 16.9. The molecular formula is C14H19NO3S2. The monoisotopic (exact) mass is 313 g/mol. The summed E-state index contributed by atoms with van der Waals surface area (Å²) in [4.78, 5) is 23.2. The van der Waals surface area contributed by atoms with Gasteiger partial charge < -0.3 is 10.4 Å². The van der Waals surface area contributed by atoms with Gasteiger partial charge in [-0.2, -0.15) is 24.4 Å². The van der Waals surface area contributed by atoms with E-state index in [1.165, 1.54) is 11.8 Å². The molecule has 2 N–H and O–H groups in total. The van der Waals surface area contributed by atoms with Crippen molar-refractivity contribution in [3.8, 4) is 0 Å². The van der Waals surface area contributed by atoms with Gasteiger partial charge >= 0.3 is 5.97 Å². The third kappa shape index (κ3) is 5.46. The van der Waals surface area contributed by atoms with Crippen LogP contribution in [0.2, 0.25) is 0 Å². The summed E-state index contributed by atoms with van der Waals surface area (Å²) in [7, 11) is 0. The number of rotatable bonds is 8. The van der Waals surface area contributed by atoms with Crippen molar-refractivity contribution in [3.63, 3.8) is 0 Å². The van der Waals surface area contributed by atoms with E-state index < -0.39 is 12.0 Å². The first-order valence-corrected chi connectivity index (χ1v) is 8.28. The number of carbonyl (C=O) groups is 2. The van der Waals surface area contributed by atoms with Gasteiger partial charge in [0.2, 0.25) is 5.91 Å². The molecular weight excluding hydrogens is 294 g/mol. The second-order valence-corrected chi connectivity index (χ2v) is 5.70. The Balaban J connectivity index is 2.64. The highest BCUT2D eigenvalue weighted by Gasteiger charge is 2.24. The van der Waals surface area contributed by atoms with Crippen molar-refractivity contribution >= 4 is 36.3 Å². The molecule has 20 heavy (non-hydrogen) atoms. The number of thioether (sulfide) groups is 1. The van der Waals surface area contributed by atoms with Crippen LogP contribution in [0.4, 0.5) is 0 Å². The summed E-state index contributed by atoms with van der Waals surface area (Å²) < 4.78 is 0. The van der Waals surface area contributed by atoms with E-state index >= 15 is 0 Å². The van der Waals surface area contributed by atoms with Gasteiger partial charge in [0.15, 0.2) is 0 Å². The maximum absolute atomic E-state index is 12.1. The fourth-order valence-electron chi connectivity index (χ4n) is 1.77. The molecule has 6 heteroatoms. The number of aliphatic carboxylic acids is 1. The molecule has 0 bridgehead atoms. The average Bonchev–Trinajstić information content (AvgIpc) is 2.45. The van der Waals surface area contributed by atoms with E-state index in [0.717, 1.165) is 5.56 Å². The molecule has 1 aromatic rings. The lowest BCUT2D eigenvalue weighted by molar-refractivity contribution is -0.141. The van der Waals surface area contributed by atoms with Crippen LogP contribution in [0.1, 0.15) is 5.56 Å². The maximum Gasteiger partial charge on any atom is 0.327 e. The van der Waals surface area contributed by atoms with Crippen molar-refractivity contribution in [3.05, 3.63) is 35.9 Å². The zero-order valence-corrected chi connectivity index (χ0v) is 13.0. The molecule has 2 atom stereocenters. The Morgan fingerprint density at radius 2 is 2.00 bits per heavy atom. The van der Waals surface area contributed by atoms with Gasteiger partial charge in [-0.15, -0.1) is 0 Å². The number of benzene rings is 1. The molecule has 0 aliphatic rings. The number of nitrogens with one attached hydrogen (secondary N) is 1. The van der Waals surface area contributed by atoms with E-state index in [9.17, 15) is 9.59 Å². The molecule has 0 saturated carbocycles. The molecule has 0 aliphatic carbocycles. The van der Waals surface area contributed by atoms with Gasteiger partial charge in [-0.1, -0.05) is 30.3 Å². The van der Waals surface area contributed by atoms with Crippen molar-refractivity contribution in [1.29, 1.82) is 0 Å². The number of thiol groups is 1. The van der Waals surface area contributed by atoms with E-state index in [1.807, 2.05) is 36.6 Å². The minimum atomic E-state index is -1.01. The highest BCUT2D eigenvalue weighted by molar-refractivity contribution is 7.98. The summed E-state index contributed by atoms with van der Waals surface area (Å²) in [6.45, 7) is 0. The van der Waals surface area contributed by atoms with Crippen LogP contribution in [0, 0.1) is 5.92 Å². The summed E-state index contributed by atoms with van der Waals surface area (Å²) in [5.41, 5.74) is 1.04. The number of hydrogen-bond acceptors (Lipinski definition) is 4. The molecule has 0 radical (unpaired) electrons. The van der Waals surface area contributed by atoms with E-state index in [0.29, 0.717) is 17.9 Å². The van der Waals surface area contributed by atoms with Crippen LogP contribution < -0.4 is 5.32 Å². The Morgan fingerprint density at radius 1 is 1.35 bits per heavy atom. The van der Waals surface area contributed by atoms with E-state index in [1.54, 1.807) is 0 Å². The van der Waals surface area contributed by atoms with Crippen LogP contribution >= 0.6 is 24.4 Å². The lowest BCUT2D eigenvalue weighted by Crippen LogP contribution is -2.46. The SMILES string of the molecule is CSC[C@H](NC(=O)[C@H](CS)Cc1ccccc1)C(=O)O. The quantitative estimate of drug-likeness (QED) is 0.639. The molecule has 0 aliphatic heterocycles. The Kier molecular flexibility index (Phi) is 7.54. The molecule has 0 aromatic heterocycles. The third-order valence-electron chi connectivity index (χ3n) is 2.86. The molecule has 0 saturated heterocycles. The lowest BCUT2D eigenvalue weighted by atomic mass is 10.00. The molecule has 0 unspecified atom stereocenters. The molecule has 1 rings (SSSR count). The predicted molar refractivity (Wildman–Crippen MR) is 85.4 cm³/mol. The van der Waals surface area contributed by atoms with Crippen LogP contribution in [0.3, 0.4) is 0 Å². The molecule has 1 aromatic carbocycles. The average molecular weight is 313 g/mol. The van der Waals surface area contributed by atoms with Crippen LogP contribution in [-0.2, 0) is 16.0 Å². The smallest absolute Gasteiger partial charge is 0.327 e. The van der Waals surface area contributed by atoms with Gasteiger partial charge in [0.1, 0.15) is 6.04 Å². The zero-order valence-electron chi connectivity index (χ0n) is 11.3. The first-order chi connectivity index (χ1) is 9.58. The normalized spacial score (nSPS) is 13.5. The molecule has 0 spiro atoms. The molecule has 0 heterocycles. The molecule has 4 nitrogen and oxygen atoms in total. The molecule has 110 valence electrons. The number of amides is 1. The van der Waals surface area contributed by atoms with Gasteiger partial charge in [0, 0.05) is 11.5 Å². The fourth-order valence-corrected chi connectivity index (χ4v) is 2.62. The van der Waals surface area contributed by atoms with Crippen molar-refractivity contribution < 1.29 is 14.7 Å². The largest absolute Gasteiger partial charge is 0.480 e. The highest BCUT2D eigenvalue weighted by atomic mass is 32.2. The first-order valence-electron chi connectivity index (χ1n) is 6.25. The highest BCUT2D eigenvalue weighted by Crippen LogP contribution is 2.11. The van der Waals surface area contributed by atoms with Crippen LogP contribution in [-0.4, -0.2) is 40.8 Å². The fraction of sp³-hybridized carbons (Fsp3) is 0.429. The minimum Gasteiger partial charge on any atom is -0.480 e. The van der Waals surface area contributed by atoms with Gasteiger partial charge in [0.25, 0.3) is 0 Å². The van der Waals surface area contributed by atoms with Gasteiger partial charge in [-0.3, -0.25) is 4.79 Å². The zero-order chi connectivity index (χ0) is 15.0. The second kappa shape index (κ2) is 8.92. The van der Waals surface area contributed by atoms with Crippen LogP contribution in [0.5, 0.6) is 0 Å². The van der Waals surface area contributed by atoms with Crippen molar-refractivity contribution in [2.75, 3.05) is 17.8 Å². The summed E-state index contributed by atoms with van der Waals surface area (Å²) in [6.07, 6.45) is 2.37. The standard InChI is InChI=1S/C14H19NO3S2/c1-20-9-12(14(17)18)15-13(16)11(8-19)7-10-5-3-2-4-6-10/h2-6,11-12,19H,7-9H2,1H3,(H,15,16)(H,17,18)/t11-,12-/m0/s1. The number of carbonyl (C=O) groups excluding carboxylic acids is 1. The predicted octanol–water partition coefficient (Wildman–Crippen LogP) is 1.71. The molecule has 1 amide bonds. The number of hydrogen-bond donors (Lipinski definition) is 3. The van der Waals surface area contributed by atoms with E-state index in [-0.39, 0.29) is 11.8 Å². The number of carboxylic acids is 1. The van der Waals surface area contributed by atoms with Gasteiger partial charge in [-0.05, 0) is 18.2 Å². The van der Waals surface area contributed by atoms with Crippen molar-refractivity contribution in [2.24, 2.45) is 5.92 Å². The molecule has 0 fully saturated rings. The summed E-state index contributed by atoms with van der Waals surface area (Å²) in [5, 5.41) is 11.6. The summed E-state index contributed by atoms with van der Waals surface area (Å²) in [6, 6.07) is 8.78. The Hall–Kier alpha value is -1.14. The topological polar surface area (TPSA) is 66.4 Å². The summed E-state index contributed by atoms with van der Waals surface area (Å²) in [5.74, 6) is -0.863. The number of carboxylic acid groups (broad SMARTS) is 1.